The highest BCUT2D eigenvalue weighted by atomic mass is 16.2. The molecular formula is C21H33N3O. The Morgan fingerprint density at radius 3 is 2.56 bits per heavy atom. The van der Waals surface area contributed by atoms with Crippen LogP contribution in [0.25, 0.3) is 0 Å². The molecule has 0 unspecified atom stereocenters. The average molecular weight is 344 g/mol. The molecule has 2 heterocycles. The Morgan fingerprint density at radius 1 is 1.24 bits per heavy atom. The maximum Gasteiger partial charge on any atom is 0.237 e. The molecule has 0 aliphatic carbocycles. The van der Waals surface area contributed by atoms with Crippen LogP contribution in [0.15, 0.2) is 24.3 Å². The first-order chi connectivity index (χ1) is 12.0. The summed E-state index contributed by atoms with van der Waals surface area (Å²) in [6.07, 6.45) is 4.59. The number of carbonyl (C=O) groups excluding carboxylic acids is 1. The van der Waals surface area contributed by atoms with E-state index in [2.05, 4.69) is 60.3 Å². The van der Waals surface area contributed by atoms with E-state index in [1.54, 1.807) is 0 Å². The number of nitrogens with one attached hydrogen (secondary N) is 1. The number of nitrogens with zero attached hydrogens (tertiary/aromatic N) is 2. The number of hydrogen-bond donors (Lipinski definition) is 1. The van der Waals surface area contributed by atoms with Gasteiger partial charge in [-0.05, 0) is 70.3 Å². The maximum atomic E-state index is 12.9. The summed E-state index contributed by atoms with van der Waals surface area (Å²) in [7, 11) is 2.21. The zero-order chi connectivity index (χ0) is 17.9. The second-order valence-electron chi connectivity index (χ2n) is 8.20. The van der Waals surface area contributed by atoms with Crippen molar-refractivity contribution in [1.29, 1.82) is 0 Å². The molecule has 4 nitrogen and oxygen atoms in total. The maximum absolute atomic E-state index is 12.9. The standard InChI is InChI=1S/C21H33N3O/c1-4-11-24-16-21(9-12-23(3)13-10-21)14-19(24)20(25)22-15-18-7-5-17(2)6-8-18/h5-8,19H,4,9-16H2,1-3H3,(H,22,25)/t19-/m1/s1. The van der Waals surface area contributed by atoms with Crippen LogP contribution in [0.4, 0.5) is 0 Å². The van der Waals surface area contributed by atoms with Crippen LogP contribution in [0.2, 0.25) is 0 Å². The Bertz CT molecular complexity index is 575. The molecule has 2 fully saturated rings. The van der Waals surface area contributed by atoms with Gasteiger partial charge in [-0.3, -0.25) is 9.69 Å². The van der Waals surface area contributed by atoms with E-state index < -0.39 is 0 Å². The lowest BCUT2D eigenvalue weighted by Crippen LogP contribution is -2.43. The van der Waals surface area contributed by atoms with Gasteiger partial charge in [-0.25, -0.2) is 0 Å². The molecule has 1 aromatic rings. The van der Waals surface area contributed by atoms with E-state index in [0.29, 0.717) is 12.0 Å². The van der Waals surface area contributed by atoms with Crippen molar-refractivity contribution >= 4 is 5.91 Å². The summed E-state index contributed by atoms with van der Waals surface area (Å²) in [5, 5.41) is 3.19. The molecule has 1 atom stereocenters. The zero-order valence-electron chi connectivity index (χ0n) is 16.1. The quantitative estimate of drug-likeness (QED) is 0.893. The number of likely N-dealkylation sites (tertiary alicyclic amines) is 2. The van der Waals surface area contributed by atoms with Gasteiger partial charge in [0.15, 0.2) is 0 Å². The highest BCUT2D eigenvalue weighted by molar-refractivity contribution is 5.82. The number of hydrogen-bond acceptors (Lipinski definition) is 3. The molecule has 25 heavy (non-hydrogen) atoms. The van der Waals surface area contributed by atoms with Crippen LogP contribution < -0.4 is 5.32 Å². The fourth-order valence-electron chi connectivity index (χ4n) is 4.39. The fraction of sp³-hybridized carbons (Fsp3) is 0.667. The molecule has 1 aromatic carbocycles. The molecule has 2 aliphatic rings. The van der Waals surface area contributed by atoms with Crippen molar-refractivity contribution in [2.45, 2.75) is 52.1 Å². The average Bonchev–Trinajstić information content (AvgIpc) is 2.96. The first-order valence-electron chi connectivity index (χ1n) is 9.77. The Morgan fingerprint density at radius 2 is 1.92 bits per heavy atom. The number of benzene rings is 1. The predicted molar refractivity (Wildman–Crippen MR) is 102 cm³/mol. The minimum absolute atomic E-state index is 0.0498. The first kappa shape index (κ1) is 18.4. The summed E-state index contributed by atoms with van der Waals surface area (Å²) in [5.41, 5.74) is 2.78. The minimum atomic E-state index is 0.0498. The molecule has 0 aromatic heterocycles. The lowest BCUT2D eigenvalue weighted by Gasteiger charge is -2.37. The van der Waals surface area contributed by atoms with Crippen molar-refractivity contribution < 1.29 is 4.79 Å². The molecule has 4 heteroatoms. The second kappa shape index (κ2) is 7.88. The molecule has 1 spiro atoms. The van der Waals surface area contributed by atoms with Gasteiger partial charge in [0.2, 0.25) is 5.91 Å². The number of amides is 1. The van der Waals surface area contributed by atoms with E-state index in [-0.39, 0.29) is 11.9 Å². The molecule has 0 radical (unpaired) electrons. The van der Waals surface area contributed by atoms with Gasteiger partial charge >= 0.3 is 0 Å². The molecule has 138 valence electrons. The third-order valence-corrected chi connectivity index (χ3v) is 6.05. The van der Waals surface area contributed by atoms with E-state index in [4.69, 9.17) is 0 Å². The number of piperidine rings is 1. The van der Waals surface area contributed by atoms with Crippen LogP contribution in [-0.4, -0.2) is 55.0 Å². The Hall–Kier alpha value is -1.39. The Labute approximate surface area is 152 Å². The van der Waals surface area contributed by atoms with E-state index >= 15 is 0 Å². The fourth-order valence-corrected chi connectivity index (χ4v) is 4.39. The van der Waals surface area contributed by atoms with Crippen molar-refractivity contribution in [3.05, 3.63) is 35.4 Å². The molecular weight excluding hydrogens is 310 g/mol. The molecule has 3 rings (SSSR count). The van der Waals surface area contributed by atoms with Crippen LogP contribution >= 0.6 is 0 Å². The van der Waals surface area contributed by atoms with Gasteiger partial charge in [0, 0.05) is 13.1 Å². The normalized spacial score (nSPS) is 23.9. The second-order valence-corrected chi connectivity index (χ2v) is 8.20. The lowest BCUT2D eigenvalue weighted by molar-refractivity contribution is -0.125. The van der Waals surface area contributed by atoms with Crippen LogP contribution in [0.5, 0.6) is 0 Å². The molecule has 2 saturated heterocycles. The molecule has 2 aliphatic heterocycles. The van der Waals surface area contributed by atoms with Crippen LogP contribution in [0.3, 0.4) is 0 Å². The van der Waals surface area contributed by atoms with Crippen molar-refractivity contribution in [3.63, 3.8) is 0 Å². The molecule has 1 N–H and O–H groups in total. The summed E-state index contributed by atoms with van der Waals surface area (Å²) in [6, 6.07) is 8.47. The van der Waals surface area contributed by atoms with Crippen molar-refractivity contribution in [1.82, 2.24) is 15.1 Å². The summed E-state index contributed by atoms with van der Waals surface area (Å²) >= 11 is 0. The lowest BCUT2D eigenvalue weighted by atomic mass is 9.76. The highest BCUT2D eigenvalue weighted by Crippen LogP contribution is 2.43. The van der Waals surface area contributed by atoms with Crippen LogP contribution in [-0.2, 0) is 11.3 Å². The molecule has 0 bridgehead atoms. The number of aryl methyl sites for hydroxylation is 1. The largest absolute Gasteiger partial charge is 0.351 e. The van der Waals surface area contributed by atoms with Gasteiger partial charge in [0.1, 0.15) is 0 Å². The van der Waals surface area contributed by atoms with Gasteiger partial charge in [-0.15, -0.1) is 0 Å². The number of carbonyl (C=O) groups is 1. The highest BCUT2D eigenvalue weighted by Gasteiger charge is 2.47. The zero-order valence-corrected chi connectivity index (χ0v) is 16.1. The summed E-state index contributed by atoms with van der Waals surface area (Å²) < 4.78 is 0. The van der Waals surface area contributed by atoms with Gasteiger partial charge in [0.05, 0.1) is 6.04 Å². The van der Waals surface area contributed by atoms with E-state index in [1.807, 2.05) is 0 Å². The Kier molecular flexibility index (Phi) is 5.80. The van der Waals surface area contributed by atoms with E-state index in [1.165, 1.54) is 24.0 Å². The van der Waals surface area contributed by atoms with E-state index in [9.17, 15) is 4.79 Å². The molecule has 1 amide bonds. The number of rotatable bonds is 5. The van der Waals surface area contributed by atoms with Crippen molar-refractivity contribution in [2.75, 3.05) is 33.2 Å². The third-order valence-electron chi connectivity index (χ3n) is 6.05. The minimum Gasteiger partial charge on any atom is -0.351 e. The van der Waals surface area contributed by atoms with Crippen molar-refractivity contribution in [3.8, 4) is 0 Å². The summed E-state index contributed by atoms with van der Waals surface area (Å²) in [5.74, 6) is 0.213. The monoisotopic (exact) mass is 343 g/mol. The van der Waals surface area contributed by atoms with Gasteiger partial charge in [-0.2, -0.15) is 0 Å². The topological polar surface area (TPSA) is 35.6 Å². The molecule has 0 saturated carbocycles. The smallest absolute Gasteiger partial charge is 0.237 e. The van der Waals surface area contributed by atoms with E-state index in [0.717, 1.165) is 39.0 Å². The third kappa shape index (κ3) is 4.42. The SMILES string of the molecule is CCCN1CC2(CCN(C)CC2)C[C@@H]1C(=O)NCc1ccc(C)cc1. The predicted octanol–water partition coefficient (Wildman–Crippen LogP) is 2.81. The van der Waals surface area contributed by atoms with Gasteiger partial charge in [-0.1, -0.05) is 36.8 Å². The summed E-state index contributed by atoms with van der Waals surface area (Å²) in [6.45, 7) is 9.38. The Balaban J connectivity index is 1.62. The first-order valence-corrected chi connectivity index (χ1v) is 9.77. The van der Waals surface area contributed by atoms with Crippen molar-refractivity contribution in [2.24, 2.45) is 5.41 Å². The summed E-state index contributed by atoms with van der Waals surface area (Å²) in [4.78, 5) is 17.8. The van der Waals surface area contributed by atoms with Crippen LogP contribution in [0, 0.1) is 12.3 Å². The van der Waals surface area contributed by atoms with Gasteiger partial charge in [0.25, 0.3) is 0 Å². The van der Waals surface area contributed by atoms with Crippen LogP contribution in [0.1, 0.15) is 43.7 Å². The van der Waals surface area contributed by atoms with Gasteiger partial charge < -0.3 is 10.2 Å².